The smallest absolute Gasteiger partial charge is 0.272 e. The molecule has 208 valence electrons. The first-order chi connectivity index (χ1) is 18.6. The van der Waals surface area contributed by atoms with Crippen LogP contribution in [0.3, 0.4) is 0 Å². The second kappa shape index (κ2) is 12.1. The summed E-state index contributed by atoms with van der Waals surface area (Å²) in [7, 11) is -4.18. The van der Waals surface area contributed by atoms with Crippen molar-refractivity contribution in [2.45, 2.75) is 44.1 Å². The fourth-order valence-corrected chi connectivity index (χ4v) is 5.48. The Kier molecular flexibility index (Phi) is 8.85. The number of aromatic nitrogens is 2. The Hall–Kier alpha value is -3.52. The first kappa shape index (κ1) is 28.5. The number of nitrogens with zero attached hydrogens (tertiary/aromatic N) is 3. The van der Waals surface area contributed by atoms with Gasteiger partial charge in [-0.2, -0.15) is 9.78 Å². The summed E-state index contributed by atoms with van der Waals surface area (Å²) in [5.41, 5.74) is 0.407. The van der Waals surface area contributed by atoms with Gasteiger partial charge >= 0.3 is 0 Å². The van der Waals surface area contributed by atoms with Gasteiger partial charge in [0.25, 0.3) is 11.6 Å². The summed E-state index contributed by atoms with van der Waals surface area (Å²) in [6.07, 6.45) is 2.20. The number of hydrogen-bond donors (Lipinski definition) is 2. The third-order valence-corrected chi connectivity index (χ3v) is 7.74. The fraction of sp³-hybridized carbons (Fsp3) is 0.360. The van der Waals surface area contributed by atoms with Gasteiger partial charge in [0.2, 0.25) is 15.9 Å². The van der Waals surface area contributed by atoms with Crippen molar-refractivity contribution in [1.29, 1.82) is 0 Å². The topological polar surface area (TPSA) is 155 Å². The zero-order valence-corrected chi connectivity index (χ0v) is 22.9. The SMILES string of the molecule is CCCNS(=O)(=O)c1cc([N+](=O)[O-])ccc1Oc1c(C)c(C(=O)NCC2CCCO2)nn1-c1cccc(Cl)c1. The quantitative estimate of drug-likeness (QED) is 0.254. The van der Waals surface area contributed by atoms with Gasteiger partial charge in [0.05, 0.1) is 16.7 Å². The summed E-state index contributed by atoms with van der Waals surface area (Å²) < 4.78 is 41.5. The number of carbonyl (C=O) groups excluding carboxylic acids is 1. The lowest BCUT2D eigenvalue weighted by molar-refractivity contribution is -0.385. The number of rotatable bonds is 11. The fourth-order valence-electron chi connectivity index (χ4n) is 4.02. The Labute approximate surface area is 230 Å². The van der Waals surface area contributed by atoms with Crippen molar-refractivity contribution in [2.75, 3.05) is 19.7 Å². The summed E-state index contributed by atoms with van der Waals surface area (Å²) in [6, 6.07) is 9.91. The lowest BCUT2D eigenvalue weighted by atomic mass is 10.2. The van der Waals surface area contributed by atoms with Crippen LogP contribution in [0.5, 0.6) is 11.6 Å². The molecule has 4 rings (SSSR count). The second-order valence-electron chi connectivity index (χ2n) is 8.90. The summed E-state index contributed by atoms with van der Waals surface area (Å²) >= 11 is 6.19. The Balaban J connectivity index is 1.78. The van der Waals surface area contributed by atoms with E-state index in [4.69, 9.17) is 21.1 Å². The van der Waals surface area contributed by atoms with E-state index in [1.54, 1.807) is 38.1 Å². The number of amides is 1. The van der Waals surface area contributed by atoms with Crippen LogP contribution in [0.4, 0.5) is 5.69 Å². The van der Waals surface area contributed by atoms with Crippen molar-refractivity contribution < 1.29 is 27.6 Å². The number of nitrogens with one attached hydrogen (secondary N) is 2. The van der Waals surface area contributed by atoms with Crippen LogP contribution in [-0.2, 0) is 14.8 Å². The summed E-state index contributed by atoms with van der Waals surface area (Å²) in [4.78, 5) is 23.4. The molecule has 1 fully saturated rings. The molecule has 1 saturated heterocycles. The maximum atomic E-state index is 13.1. The van der Waals surface area contributed by atoms with Crippen LogP contribution in [0.1, 0.15) is 42.2 Å². The molecule has 0 spiro atoms. The number of hydrogen-bond acceptors (Lipinski definition) is 8. The largest absolute Gasteiger partial charge is 0.437 e. The minimum absolute atomic E-state index is 0.0420. The Bertz CT molecular complexity index is 1490. The molecule has 2 aromatic carbocycles. The van der Waals surface area contributed by atoms with Crippen LogP contribution in [0.25, 0.3) is 5.69 Å². The molecule has 1 aliphatic rings. The number of nitro benzene ring substituents is 1. The monoisotopic (exact) mass is 577 g/mol. The van der Waals surface area contributed by atoms with Crippen molar-refractivity contribution in [3.8, 4) is 17.3 Å². The van der Waals surface area contributed by atoms with E-state index in [9.17, 15) is 23.3 Å². The zero-order chi connectivity index (χ0) is 28.2. The zero-order valence-electron chi connectivity index (χ0n) is 21.3. The maximum absolute atomic E-state index is 13.1. The molecular formula is C25H28ClN5O7S. The average molecular weight is 578 g/mol. The van der Waals surface area contributed by atoms with Gasteiger partial charge in [0, 0.05) is 42.4 Å². The third kappa shape index (κ3) is 6.56. The minimum atomic E-state index is -4.18. The molecule has 12 nitrogen and oxygen atoms in total. The molecule has 2 N–H and O–H groups in total. The third-order valence-electron chi connectivity index (χ3n) is 6.03. The van der Waals surface area contributed by atoms with E-state index in [1.807, 2.05) is 0 Å². The van der Waals surface area contributed by atoms with Crippen LogP contribution >= 0.6 is 11.6 Å². The van der Waals surface area contributed by atoms with E-state index in [1.165, 1.54) is 10.7 Å². The molecule has 1 amide bonds. The van der Waals surface area contributed by atoms with Gasteiger partial charge in [-0.3, -0.25) is 14.9 Å². The Morgan fingerprint density at radius 2 is 2.10 bits per heavy atom. The van der Waals surface area contributed by atoms with Gasteiger partial charge in [-0.1, -0.05) is 24.6 Å². The number of sulfonamides is 1. The lowest BCUT2D eigenvalue weighted by Crippen LogP contribution is -2.32. The molecule has 3 aromatic rings. The van der Waals surface area contributed by atoms with E-state index < -0.39 is 31.4 Å². The molecule has 39 heavy (non-hydrogen) atoms. The highest BCUT2D eigenvalue weighted by molar-refractivity contribution is 7.89. The Morgan fingerprint density at radius 3 is 2.77 bits per heavy atom. The highest BCUT2D eigenvalue weighted by Gasteiger charge is 2.28. The van der Waals surface area contributed by atoms with Crippen molar-refractivity contribution in [2.24, 2.45) is 0 Å². The molecule has 0 aliphatic carbocycles. The standard InChI is InChI=1S/C25H28ClN5O7S/c1-3-11-28-39(35,36)22-14-19(31(33)34)9-10-21(22)38-25-16(2)23(24(32)27-15-20-8-5-12-37-20)29-30(25)18-7-4-6-17(26)13-18/h4,6-7,9-10,13-14,20,28H,3,5,8,11-12,15H2,1-2H3,(H,27,32). The van der Waals surface area contributed by atoms with E-state index in [2.05, 4.69) is 15.1 Å². The molecule has 1 aromatic heterocycles. The van der Waals surface area contributed by atoms with Gasteiger partial charge in [0.15, 0.2) is 5.69 Å². The molecule has 1 aliphatic heterocycles. The van der Waals surface area contributed by atoms with Crippen LogP contribution in [0.15, 0.2) is 47.4 Å². The lowest BCUT2D eigenvalue weighted by Gasteiger charge is -2.14. The van der Waals surface area contributed by atoms with Crippen LogP contribution < -0.4 is 14.8 Å². The van der Waals surface area contributed by atoms with E-state index in [0.29, 0.717) is 35.8 Å². The van der Waals surface area contributed by atoms with Gasteiger partial charge in [-0.15, -0.1) is 0 Å². The summed E-state index contributed by atoms with van der Waals surface area (Å²) in [5, 5.41) is 19.1. The molecule has 0 saturated carbocycles. The van der Waals surface area contributed by atoms with E-state index >= 15 is 0 Å². The molecule has 1 atom stereocenters. The number of carbonyl (C=O) groups is 1. The first-order valence-electron chi connectivity index (χ1n) is 12.3. The molecule has 0 radical (unpaired) electrons. The van der Waals surface area contributed by atoms with Crippen molar-refractivity contribution in [3.63, 3.8) is 0 Å². The number of ether oxygens (including phenoxy) is 2. The first-order valence-corrected chi connectivity index (χ1v) is 14.2. The Morgan fingerprint density at radius 1 is 1.31 bits per heavy atom. The van der Waals surface area contributed by atoms with Crippen LogP contribution in [0.2, 0.25) is 5.02 Å². The predicted molar refractivity (Wildman–Crippen MR) is 143 cm³/mol. The number of nitro groups is 1. The van der Waals surface area contributed by atoms with Gasteiger partial charge in [-0.05, 0) is 50.5 Å². The molecule has 1 unspecified atom stereocenters. The minimum Gasteiger partial charge on any atom is -0.437 e. The highest BCUT2D eigenvalue weighted by Crippen LogP contribution is 2.36. The van der Waals surface area contributed by atoms with Crippen molar-refractivity contribution in [3.05, 3.63) is 68.9 Å². The predicted octanol–water partition coefficient (Wildman–Crippen LogP) is 4.13. The van der Waals surface area contributed by atoms with Crippen LogP contribution in [0, 0.1) is 17.0 Å². The maximum Gasteiger partial charge on any atom is 0.272 e. The normalized spacial score (nSPS) is 15.3. The number of non-ortho nitro benzene ring substituents is 1. The van der Waals surface area contributed by atoms with Gasteiger partial charge in [0.1, 0.15) is 10.6 Å². The van der Waals surface area contributed by atoms with Gasteiger partial charge < -0.3 is 14.8 Å². The van der Waals surface area contributed by atoms with E-state index in [-0.39, 0.29) is 30.0 Å². The molecule has 2 heterocycles. The molecule has 14 heteroatoms. The van der Waals surface area contributed by atoms with Crippen molar-refractivity contribution >= 4 is 33.2 Å². The summed E-state index contributed by atoms with van der Waals surface area (Å²) in [5.74, 6) is -0.600. The van der Waals surface area contributed by atoms with E-state index in [0.717, 1.165) is 25.0 Å². The number of benzene rings is 2. The highest BCUT2D eigenvalue weighted by atomic mass is 35.5. The molecular weight excluding hydrogens is 550 g/mol. The average Bonchev–Trinajstić information content (AvgIpc) is 3.54. The van der Waals surface area contributed by atoms with Crippen LogP contribution in [-0.4, -0.2) is 54.8 Å². The van der Waals surface area contributed by atoms with Crippen molar-refractivity contribution in [1.82, 2.24) is 19.8 Å². The number of halogens is 1. The van der Waals surface area contributed by atoms with Gasteiger partial charge in [-0.25, -0.2) is 13.1 Å². The second-order valence-corrected chi connectivity index (χ2v) is 11.1. The molecule has 0 bridgehead atoms. The summed E-state index contributed by atoms with van der Waals surface area (Å²) in [6.45, 7) is 4.48.